The van der Waals surface area contributed by atoms with E-state index in [0.717, 1.165) is 30.3 Å². The van der Waals surface area contributed by atoms with E-state index in [4.69, 9.17) is 4.74 Å². The second-order valence-electron chi connectivity index (χ2n) is 3.93. The van der Waals surface area contributed by atoms with E-state index in [1.165, 1.54) is 0 Å². The number of nitrogens with zero attached hydrogens (tertiary/aromatic N) is 2. The molecule has 1 aliphatic rings. The number of morpholine rings is 1. The minimum Gasteiger partial charge on any atom is -0.372 e. The first-order chi connectivity index (χ1) is 7.81. The number of rotatable bonds is 4. The second-order valence-corrected chi connectivity index (χ2v) is 6.17. The second kappa shape index (κ2) is 6.00. The molecule has 0 bridgehead atoms. The van der Waals surface area contributed by atoms with E-state index in [2.05, 4.69) is 23.1 Å². The van der Waals surface area contributed by atoms with Gasteiger partial charge in [-0.3, -0.25) is 0 Å². The summed E-state index contributed by atoms with van der Waals surface area (Å²) in [5.74, 6) is 0. The van der Waals surface area contributed by atoms with Crippen LogP contribution in [0, 0.1) is 0 Å². The highest BCUT2D eigenvalue weighted by molar-refractivity contribution is 7.98. The molecular weight excluding hydrogens is 240 g/mol. The fourth-order valence-electron chi connectivity index (χ4n) is 1.78. The van der Waals surface area contributed by atoms with Gasteiger partial charge in [0.15, 0.2) is 4.34 Å². The summed E-state index contributed by atoms with van der Waals surface area (Å²) in [4.78, 5) is 4.31. The lowest BCUT2D eigenvalue weighted by Gasteiger charge is -2.36. The van der Waals surface area contributed by atoms with Crippen molar-refractivity contribution in [3.63, 3.8) is 0 Å². The van der Waals surface area contributed by atoms with Crippen molar-refractivity contribution in [3.8, 4) is 0 Å². The lowest BCUT2D eigenvalue weighted by Crippen LogP contribution is -2.43. The maximum Gasteiger partial charge on any atom is 0.165 e. The molecule has 0 aromatic carbocycles. The van der Waals surface area contributed by atoms with Crippen LogP contribution in [-0.4, -0.2) is 34.6 Å². The number of hydrogen-bond donors (Lipinski definition) is 0. The lowest BCUT2D eigenvalue weighted by molar-refractivity contribution is -0.0626. The molecule has 1 aliphatic heterocycles. The Labute approximate surface area is 105 Å². The van der Waals surface area contributed by atoms with Gasteiger partial charge in [-0.05, 0) is 24.8 Å². The van der Waals surface area contributed by atoms with Crippen molar-refractivity contribution in [2.24, 2.45) is 0 Å². The van der Waals surface area contributed by atoms with Crippen molar-refractivity contribution >= 4 is 23.3 Å². The molecule has 16 heavy (non-hydrogen) atoms. The summed E-state index contributed by atoms with van der Waals surface area (Å²) in [5, 5.41) is 2.03. The molecule has 2 atom stereocenters. The predicted molar refractivity (Wildman–Crippen MR) is 68.8 cm³/mol. The zero-order valence-corrected chi connectivity index (χ0v) is 11.4. The molecule has 0 radical (unpaired) electrons. The molecule has 90 valence electrons. The average molecular weight is 258 g/mol. The largest absolute Gasteiger partial charge is 0.372 e. The van der Waals surface area contributed by atoms with E-state index >= 15 is 0 Å². The molecule has 2 rings (SSSR count). The molecule has 1 fully saturated rings. The molecule has 1 aromatic heterocycles. The number of hydrogen-bond acceptors (Lipinski definition) is 5. The molecule has 1 aromatic rings. The third kappa shape index (κ3) is 3.20. The fourth-order valence-corrected chi connectivity index (χ4v) is 3.60. The molecule has 3 nitrogen and oxygen atoms in total. The number of aromatic nitrogens is 1. The maximum atomic E-state index is 5.96. The molecule has 0 spiro atoms. The predicted octanol–water partition coefficient (Wildman–Crippen LogP) is 3.04. The smallest absolute Gasteiger partial charge is 0.165 e. The summed E-state index contributed by atoms with van der Waals surface area (Å²) in [7, 11) is 0. The van der Waals surface area contributed by atoms with E-state index < -0.39 is 0 Å². The molecule has 0 aliphatic carbocycles. The van der Waals surface area contributed by atoms with E-state index in [-0.39, 0.29) is 0 Å². The molecule has 5 heteroatoms. The SMILES string of the molecule is CCC1CN(Sc2nccs2)CC(CC)O1. The van der Waals surface area contributed by atoms with Crippen LogP contribution in [0.3, 0.4) is 0 Å². The van der Waals surface area contributed by atoms with Crippen molar-refractivity contribution in [3.05, 3.63) is 11.6 Å². The van der Waals surface area contributed by atoms with Gasteiger partial charge in [0.25, 0.3) is 0 Å². The van der Waals surface area contributed by atoms with Crippen LogP contribution in [0.4, 0.5) is 0 Å². The van der Waals surface area contributed by atoms with Crippen molar-refractivity contribution < 1.29 is 4.74 Å². The van der Waals surface area contributed by atoms with Crippen LogP contribution in [0.2, 0.25) is 0 Å². The summed E-state index contributed by atoms with van der Waals surface area (Å²) in [6.45, 7) is 6.40. The lowest BCUT2D eigenvalue weighted by atomic mass is 10.2. The fraction of sp³-hybridized carbons (Fsp3) is 0.727. The topological polar surface area (TPSA) is 25.4 Å². The van der Waals surface area contributed by atoms with E-state index in [1.807, 2.05) is 11.6 Å². The number of ether oxygens (including phenoxy) is 1. The first kappa shape index (κ1) is 12.4. The van der Waals surface area contributed by atoms with Crippen molar-refractivity contribution in [1.82, 2.24) is 9.29 Å². The first-order valence-electron chi connectivity index (χ1n) is 5.79. The Morgan fingerprint density at radius 2 is 2.12 bits per heavy atom. The molecule has 0 amide bonds. The van der Waals surface area contributed by atoms with Crippen LogP contribution in [0.15, 0.2) is 15.9 Å². The molecular formula is C11H18N2OS2. The van der Waals surface area contributed by atoms with Crippen LogP contribution in [-0.2, 0) is 4.74 Å². The van der Waals surface area contributed by atoms with Crippen molar-refractivity contribution in [1.29, 1.82) is 0 Å². The third-order valence-corrected chi connectivity index (χ3v) is 4.62. The minimum absolute atomic E-state index is 0.381. The Balaban J connectivity index is 1.93. The van der Waals surface area contributed by atoms with Crippen molar-refractivity contribution in [2.75, 3.05) is 13.1 Å². The normalized spacial score (nSPS) is 27.1. The van der Waals surface area contributed by atoms with Gasteiger partial charge in [0.2, 0.25) is 0 Å². The van der Waals surface area contributed by atoms with Crippen molar-refractivity contribution in [2.45, 2.75) is 43.2 Å². The molecule has 2 heterocycles. The highest BCUT2D eigenvalue weighted by Crippen LogP contribution is 2.29. The maximum absolute atomic E-state index is 5.96. The number of thiazole rings is 1. The van der Waals surface area contributed by atoms with Crippen LogP contribution in [0.5, 0.6) is 0 Å². The van der Waals surface area contributed by atoms with Gasteiger partial charge in [0.05, 0.1) is 12.2 Å². The van der Waals surface area contributed by atoms with E-state index in [0.29, 0.717) is 12.2 Å². The minimum atomic E-state index is 0.381. The van der Waals surface area contributed by atoms with E-state index in [9.17, 15) is 0 Å². The van der Waals surface area contributed by atoms with E-state index in [1.54, 1.807) is 23.3 Å². The Morgan fingerprint density at radius 1 is 1.44 bits per heavy atom. The Bertz CT molecular complexity index is 293. The summed E-state index contributed by atoms with van der Waals surface area (Å²) in [5.41, 5.74) is 0. The van der Waals surface area contributed by atoms with Gasteiger partial charge >= 0.3 is 0 Å². The summed E-state index contributed by atoms with van der Waals surface area (Å²) in [6.07, 6.45) is 4.80. The van der Waals surface area contributed by atoms with Crippen LogP contribution in [0.25, 0.3) is 0 Å². The van der Waals surface area contributed by atoms with Crippen LogP contribution < -0.4 is 0 Å². The third-order valence-electron chi connectivity index (χ3n) is 2.73. The first-order valence-corrected chi connectivity index (χ1v) is 7.45. The Kier molecular flexibility index (Phi) is 4.64. The highest BCUT2D eigenvalue weighted by atomic mass is 32.2. The van der Waals surface area contributed by atoms with Crippen LogP contribution in [0.1, 0.15) is 26.7 Å². The van der Waals surface area contributed by atoms with Gasteiger partial charge in [-0.25, -0.2) is 9.29 Å². The van der Waals surface area contributed by atoms with Crippen LogP contribution >= 0.6 is 23.3 Å². The average Bonchev–Trinajstić information content (AvgIpc) is 2.81. The molecule has 0 N–H and O–H groups in total. The highest BCUT2D eigenvalue weighted by Gasteiger charge is 2.26. The molecule has 0 saturated carbocycles. The quantitative estimate of drug-likeness (QED) is 0.775. The van der Waals surface area contributed by atoms with Gasteiger partial charge in [0, 0.05) is 24.7 Å². The summed E-state index contributed by atoms with van der Waals surface area (Å²) in [6, 6.07) is 0. The van der Waals surface area contributed by atoms with Gasteiger partial charge < -0.3 is 4.74 Å². The summed E-state index contributed by atoms with van der Waals surface area (Å²) >= 11 is 3.47. The van der Waals surface area contributed by atoms with Gasteiger partial charge in [-0.1, -0.05) is 13.8 Å². The molecule has 2 unspecified atom stereocenters. The Morgan fingerprint density at radius 3 is 2.62 bits per heavy atom. The standard InChI is InChI=1S/C11H18N2OS2/c1-3-9-7-13(8-10(4-2)14-9)16-11-12-5-6-15-11/h5-6,9-10H,3-4,7-8H2,1-2H3. The summed E-state index contributed by atoms with van der Waals surface area (Å²) < 4.78 is 9.49. The zero-order valence-electron chi connectivity index (χ0n) is 9.76. The molecule has 1 saturated heterocycles. The van der Waals surface area contributed by atoms with Gasteiger partial charge in [0.1, 0.15) is 0 Å². The van der Waals surface area contributed by atoms with Gasteiger partial charge in [-0.15, -0.1) is 11.3 Å². The zero-order chi connectivity index (χ0) is 11.4. The van der Waals surface area contributed by atoms with Gasteiger partial charge in [-0.2, -0.15) is 0 Å². The monoisotopic (exact) mass is 258 g/mol. The Hall–Kier alpha value is -0.100.